The number of hydrogen-bond acceptors (Lipinski definition) is 2. The van der Waals surface area contributed by atoms with Crippen molar-refractivity contribution in [1.82, 2.24) is 5.32 Å². The molecule has 1 nitrogen and oxygen atoms in total. The topological polar surface area (TPSA) is 12.0 Å². The smallest absolute Gasteiger partial charge is 0.0135 e. The zero-order valence-corrected chi connectivity index (χ0v) is 10.0. The fourth-order valence-electron chi connectivity index (χ4n) is 1.49. The average molecular weight is 209 g/mol. The van der Waals surface area contributed by atoms with E-state index >= 15 is 0 Å². The van der Waals surface area contributed by atoms with Crippen molar-refractivity contribution in [2.75, 3.05) is 13.1 Å². The highest BCUT2D eigenvalue weighted by Crippen LogP contribution is 2.22. The van der Waals surface area contributed by atoms with Crippen molar-refractivity contribution in [3.05, 3.63) is 34.0 Å². The molecule has 1 rings (SSSR count). The second kappa shape index (κ2) is 5.99. The normalized spacial score (nSPS) is 13.6. The van der Waals surface area contributed by atoms with Gasteiger partial charge in [0.05, 0.1) is 0 Å². The molecule has 0 fully saturated rings. The zero-order chi connectivity index (χ0) is 10.4. The lowest BCUT2D eigenvalue weighted by molar-refractivity contribution is 0.650. The summed E-state index contributed by atoms with van der Waals surface area (Å²) >= 11 is 1.80. The van der Waals surface area contributed by atoms with Crippen LogP contribution in [0.1, 0.15) is 30.9 Å². The van der Waals surface area contributed by atoms with Crippen LogP contribution in [-0.4, -0.2) is 13.1 Å². The van der Waals surface area contributed by atoms with Crippen LogP contribution in [0.15, 0.2) is 22.9 Å². The van der Waals surface area contributed by atoms with Crippen LogP contribution in [-0.2, 0) is 0 Å². The van der Waals surface area contributed by atoms with E-state index in [-0.39, 0.29) is 0 Å². The second-order valence-electron chi connectivity index (χ2n) is 3.64. The molecule has 1 aromatic rings. The van der Waals surface area contributed by atoms with Gasteiger partial charge in [0, 0.05) is 13.1 Å². The summed E-state index contributed by atoms with van der Waals surface area (Å²) in [6, 6.07) is 0. The van der Waals surface area contributed by atoms with Gasteiger partial charge in [-0.05, 0) is 41.7 Å². The summed E-state index contributed by atoms with van der Waals surface area (Å²) in [5.74, 6) is 0.617. The van der Waals surface area contributed by atoms with E-state index in [2.05, 4.69) is 42.1 Å². The molecule has 0 bridgehead atoms. The Morgan fingerprint density at radius 3 is 2.86 bits per heavy atom. The third kappa shape index (κ3) is 3.28. The molecule has 2 heteroatoms. The van der Waals surface area contributed by atoms with E-state index in [1.54, 1.807) is 11.3 Å². The lowest BCUT2D eigenvalue weighted by Gasteiger charge is -2.11. The van der Waals surface area contributed by atoms with E-state index in [1.165, 1.54) is 11.1 Å². The van der Waals surface area contributed by atoms with Gasteiger partial charge in [0.25, 0.3) is 0 Å². The quantitative estimate of drug-likeness (QED) is 0.579. The van der Waals surface area contributed by atoms with Gasteiger partial charge >= 0.3 is 0 Å². The predicted molar refractivity (Wildman–Crippen MR) is 65.2 cm³/mol. The molecule has 0 amide bonds. The van der Waals surface area contributed by atoms with Gasteiger partial charge < -0.3 is 5.32 Å². The van der Waals surface area contributed by atoms with Gasteiger partial charge in [0.15, 0.2) is 0 Å². The molecule has 1 N–H and O–H groups in total. The molecule has 0 aliphatic rings. The van der Waals surface area contributed by atoms with Crippen molar-refractivity contribution in [2.24, 2.45) is 0 Å². The van der Waals surface area contributed by atoms with Crippen molar-refractivity contribution >= 4 is 11.3 Å². The molecule has 14 heavy (non-hydrogen) atoms. The first-order valence-corrected chi connectivity index (χ1v) is 6.04. The van der Waals surface area contributed by atoms with Gasteiger partial charge in [-0.2, -0.15) is 11.3 Å². The number of thiophene rings is 1. The van der Waals surface area contributed by atoms with Gasteiger partial charge in [-0.3, -0.25) is 0 Å². The Bertz CT molecular complexity index is 288. The Morgan fingerprint density at radius 1 is 1.50 bits per heavy atom. The third-order valence-corrected chi connectivity index (χ3v) is 3.25. The summed E-state index contributed by atoms with van der Waals surface area (Å²) in [4.78, 5) is 0. The maximum Gasteiger partial charge on any atom is 0.0135 e. The van der Waals surface area contributed by atoms with Gasteiger partial charge in [0.2, 0.25) is 0 Å². The predicted octanol–water partition coefficient (Wildman–Crippen LogP) is 3.33. The maximum absolute atomic E-state index is 3.42. The first-order chi connectivity index (χ1) is 6.75. The highest BCUT2D eigenvalue weighted by atomic mass is 32.1. The second-order valence-corrected chi connectivity index (χ2v) is 4.38. The minimum Gasteiger partial charge on any atom is -0.313 e. The van der Waals surface area contributed by atoms with Crippen molar-refractivity contribution < 1.29 is 0 Å². The Morgan fingerprint density at radius 2 is 2.29 bits per heavy atom. The Balaban J connectivity index is 2.35. The molecule has 1 unspecified atom stereocenters. The van der Waals surface area contributed by atoms with E-state index in [0.717, 1.165) is 13.1 Å². The molecule has 0 radical (unpaired) electrons. The van der Waals surface area contributed by atoms with Crippen LogP contribution in [0.4, 0.5) is 0 Å². The molecule has 0 saturated heterocycles. The lowest BCUT2D eigenvalue weighted by atomic mass is 10.0. The molecular formula is C12H19NS. The molecule has 0 aromatic carbocycles. The molecule has 1 heterocycles. The third-order valence-electron chi connectivity index (χ3n) is 2.37. The van der Waals surface area contributed by atoms with Crippen LogP contribution in [0.2, 0.25) is 0 Å². The fraction of sp³-hybridized carbons (Fsp3) is 0.500. The molecule has 78 valence electrons. The standard InChI is InChI=1S/C12H19NS/c1-4-5-6-13-7-10(2)12-9-14-8-11(12)3/h4-5,8-10,13H,6-7H2,1-3H3. The number of allylic oxidation sites excluding steroid dienone is 1. The van der Waals surface area contributed by atoms with Crippen molar-refractivity contribution in [2.45, 2.75) is 26.7 Å². The Labute approximate surface area is 90.9 Å². The molecular weight excluding hydrogens is 190 g/mol. The van der Waals surface area contributed by atoms with Crippen LogP contribution < -0.4 is 5.32 Å². The summed E-state index contributed by atoms with van der Waals surface area (Å²) in [5, 5.41) is 7.90. The Hall–Kier alpha value is -0.600. The van der Waals surface area contributed by atoms with Crippen molar-refractivity contribution in [1.29, 1.82) is 0 Å². The maximum atomic E-state index is 3.42. The minimum absolute atomic E-state index is 0.617. The monoisotopic (exact) mass is 209 g/mol. The summed E-state index contributed by atoms with van der Waals surface area (Å²) in [6.07, 6.45) is 4.22. The van der Waals surface area contributed by atoms with Crippen LogP contribution in [0.3, 0.4) is 0 Å². The van der Waals surface area contributed by atoms with E-state index < -0.39 is 0 Å². The Kier molecular flexibility index (Phi) is 4.91. The fourth-order valence-corrected chi connectivity index (χ4v) is 2.46. The lowest BCUT2D eigenvalue weighted by Crippen LogP contribution is -2.20. The van der Waals surface area contributed by atoms with Crippen molar-refractivity contribution in [3.8, 4) is 0 Å². The van der Waals surface area contributed by atoms with Crippen molar-refractivity contribution in [3.63, 3.8) is 0 Å². The molecule has 1 atom stereocenters. The van der Waals surface area contributed by atoms with Gasteiger partial charge in [0.1, 0.15) is 0 Å². The molecule has 1 aromatic heterocycles. The van der Waals surface area contributed by atoms with Gasteiger partial charge in [-0.25, -0.2) is 0 Å². The van der Waals surface area contributed by atoms with Crippen LogP contribution in [0, 0.1) is 6.92 Å². The summed E-state index contributed by atoms with van der Waals surface area (Å²) in [5.41, 5.74) is 2.92. The van der Waals surface area contributed by atoms with E-state index in [4.69, 9.17) is 0 Å². The van der Waals surface area contributed by atoms with E-state index in [0.29, 0.717) is 5.92 Å². The molecule has 0 spiro atoms. The SMILES string of the molecule is CC=CCNCC(C)c1cscc1C. The highest BCUT2D eigenvalue weighted by molar-refractivity contribution is 7.08. The first-order valence-electron chi connectivity index (χ1n) is 5.10. The zero-order valence-electron chi connectivity index (χ0n) is 9.21. The largest absolute Gasteiger partial charge is 0.313 e. The molecule has 0 aliphatic carbocycles. The number of aryl methyl sites for hydroxylation is 1. The van der Waals surface area contributed by atoms with Crippen LogP contribution in [0.5, 0.6) is 0 Å². The number of nitrogens with one attached hydrogen (secondary N) is 1. The van der Waals surface area contributed by atoms with E-state index in [1.807, 2.05) is 6.92 Å². The van der Waals surface area contributed by atoms with Gasteiger partial charge in [-0.1, -0.05) is 19.1 Å². The average Bonchev–Trinajstić information content (AvgIpc) is 2.59. The van der Waals surface area contributed by atoms with Crippen LogP contribution >= 0.6 is 11.3 Å². The van der Waals surface area contributed by atoms with Gasteiger partial charge in [-0.15, -0.1) is 0 Å². The number of rotatable bonds is 5. The highest BCUT2D eigenvalue weighted by Gasteiger charge is 2.07. The van der Waals surface area contributed by atoms with E-state index in [9.17, 15) is 0 Å². The summed E-state index contributed by atoms with van der Waals surface area (Å²) < 4.78 is 0. The molecule has 0 aliphatic heterocycles. The summed E-state index contributed by atoms with van der Waals surface area (Å²) in [6.45, 7) is 8.55. The number of hydrogen-bond donors (Lipinski definition) is 1. The minimum atomic E-state index is 0.617. The first kappa shape index (κ1) is 11.5. The summed E-state index contributed by atoms with van der Waals surface area (Å²) in [7, 11) is 0. The van der Waals surface area contributed by atoms with Crippen LogP contribution in [0.25, 0.3) is 0 Å². The molecule has 0 saturated carbocycles.